The van der Waals surface area contributed by atoms with E-state index in [0.717, 1.165) is 31.5 Å². The molecule has 1 aliphatic heterocycles. The second kappa shape index (κ2) is 6.13. The van der Waals surface area contributed by atoms with Gasteiger partial charge in [-0.1, -0.05) is 0 Å². The van der Waals surface area contributed by atoms with Crippen LogP contribution in [-0.4, -0.2) is 42.8 Å². The molecule has 1 saturated heterocycles. The van der Waals surface area contributed by atoms with Crippen molar-refractivity contribution < 1.29 is 0 Å². The van der Waals surface area contributed by atoms with E-state index in [1.807, 2.05) is 12.1 Å². The minimum atomic E-state index is -0.440. The lowest BCUT2D eigenvalue weighted by molar-refractivity contribution is 0.365. The fourth-order valence-corrected chi connectivity index (χ4v) is 3.75. The van der Waals surface area contributed by atoms with E-state index < -0.39 is 11.2 Å². The predicted octanol–water partition coefficient (Wildman–Crippen LogP) is 0.948. The Hall–Kier alpha value is -3.33. The van der Waals surface area contributed by atoms with Crippen molar-refractivity contribution in [1.82, 2.24) is 35.0 Å². The lowest BCUT2D eigenvalue weighted by Gasteiger charge is -2.26. The molecule has 0 unspecified atom stereocenters. The van der Waals surface area contributed by atoms with Gasteiger partial charge in [0.15, 0.2) is 0 Å². The van der Waals surface area contributed by atoms with E-state index in [2.05, 4.69) is 25.5 Å². The van der Waals surface area contributed by atoms with Gasteiger partial charge in [0, 0.05) is 24.0 Å². The molecule has 4 aromatic heterocycles. The third-order valence-corrected chi connectivity index (χ3v) is 5.08. The maximum Gasteiger partial charge on any atom is 0.329 e. The molecule has 136 valence electrons. The number of hydrogen-bond donors (Lipinski definition) is 3. The number of fused-ring (bicyclic) bond motifs is 3. The zero-order valence-electron chi connectivity index (χ0n) is 14.4. The normalized spacial score (nSPS) is 15.6. The second-order valence-electron chi connectivity index (χ2n) is 6.68. The Kier molecular flexibility index (Phi) is 3.61. The Labute approximate surface area is 152 Å². The Morgan fingerprint density at radius 3 is 2.74 bits per heavy atom. The van der Waals surface area contributed by atoms with Gasteiger partial charge in [-0.25, -0.2) is 9.78 Å². The summed E-state index contributed by atoms with van der Waals surface area (Å²) in [4.78, 5) is 36.7. The van der Waals surface area contributed by atoms with Gasteiger partial charge in [-0.3, -0.25) is 24.4 Å². The predicted molar refractivity (Wildman–Crippen MR) is 101 cm³/mol. The molecule has 1 fully saturated rings. The molecule has 5 heterocycles. The summed E-state index contributed by atoms with van der Waals surface area (Å²) in [6, 6.07) is 3.71. The van der Waals surface area contributed by atoms with Crippen molar-refractivity contribution in [2.45, 2.75) is 18.9 Å². The average molecular weight is 363 g/mol. The molecule has 0 bridgehead atoms. The number of pyridine rings is 2. The number of H-pyrrole nitrogens is 2. The van der Waals surface area contributed by atoms with Gasteiger partial charge in [0.05, 0.1) is 28.3 Å². The second-order valence-corrected chi connectivity index (χ2v) is 6.68. The number of nitrogens with zero attached hydrogens (tertiary/aromatic N) is 4. The van der Waals surface area contributed by atoms with E-state index in [0.29, 0.717) is 27.6 Å². The summed E-state index contributed by atoms with van der Waals surface area (Å²) in [5.74, 6) is 0. The van der Waals surface area contributed by atoms with Crippen molar-refractivity contribution in [3.8, 4) is 11.3 Å². The van der Waals surface area contributed by atoms with Crippen molar-refractivity contribution >= 4 is 21.9 Å². The number of piperidine rings is 1. The molecule has 3 N–H and O–H groups in total. The number of hydrogen-bond acceptors (Lipinski definition) is 6. The first-order valence-corrected chi connectivity index (χ1v) is 8.86. The molecule has 0 aliphatic carbocycles. The first-order chi connectivity index (χ1) is 13.2. The lowest BCUT2D eigenvalue weighted by Crippen LogP contribution is -2.38. The summed E-state index contributed by atoms with van der Waals surface area (Å²) < 4.78 is 1.69. The van der Waals surface area contributed by atoms with Crippen LogP contribution in [0.15, 0.2) is 40.3 Å². The fraction of sp³-hybridized carbons (Fsp3) is 0.278. The molecule has 0 saturated carbocycles. The quantitative estimate of drug-likeness (QED) is 0.456. The van der Waals surface area contributed by atoms with Crippen molar-refractivity contribution in [2.24, 2.45) is 0 Å². The minimum Gasteiger partial charge on any atom is -0.317 e. The highest BCUT2D eigenvalue weighted by Crippen LogP contribution is 2.27. The molecular formula is C18H17N7O2. The zero-order chi connectivity index (χ0) is 18.4. The van der Waals surface area contributed by atoms with E-state index in [9.17, 15) is 9.59 Å². The van der Waals surface area contributed by atoms with E-state index in [1.165, 1.54) is 6.20 Å². The van der Waals surface area contributed by atoms with Crippen LogP contribution in [0.25, 0.3) is 33.2 Å². The van der Waals surface area contributed by atoms with Gasteiger partial charge < -0.3 is 5.32 Å². The largest absolute Gasteiger partial charge is 0.329 e. The highest BCUT2D eigenvalue weighted by Gasteiger charge is 2.22. The average Bonchev–Trinajstić information content (AvgIpc) is 3.23. The van der Waals surface area contributed by atoms with Crippen LogP contribution in [0, 0.1) is 0 Å². The lowest BCUT2D eigenvalue weighted by atomic mass is 10.1. The number of aromatic nitrogens is 6. The van der Waals surface area contributed by atoms with Crippen LogP contribution < -0.4 is 16.6 Å². The fourth-order valence-electron chi connectivity index (χ4n) is 3.75. The van der Waals surface area contributed by atoms with Gasteiger partial charge in [0.1, 0.15) is 5.52 Å². The monoisotopic (exact) mass is 363 g/mol. The van der Waals surface area contributed by atoms with Gasteiger partial charge in [-0.05, 0) is 38.1 Å². The minimum absolute atomic E-state index is 0.00285. The van der Waals surface area contributed by atoms with Gasteiger partial charge in [-0.2, -0.15) is 5.10 Å². The van der Waals surface area contributed by atoms with Crippen LogP contribution in [0.3, 0.4) is 0 Å². The van der Waals surface area contributed by atoms with Crippen LogP contribution in [0.4, 0.5) is 0 Å². The van der Waals surface area contributed by atoms with Crippen LogP contribution in [0.2, 0.25) is 0 Å². The van der Waals surface area contributed by atoms with E-state index >= 15 is 0 Å². The maximum atomic E-state index is 12.7. The Morgan fingerprint density at radius 1 is 1.11 bits per heavy atom. The summed E-state index contributed by atoms with van der Waals surface area (Å²) in [7, 11) is 0. The Balaban J connectivity index is 1.88. The smallest absolute Gasteiger partial charge is 0.317 e. The van der Waals surface area contributed by atoms with E-state index in [4.69, 9.17) is 4.98 Å². The molecule has 5 rings (SSSR count). The van der Waals surface area contributed by atoms with Crippen molar-refractivity contribution in [2.75, 3.05) is 13.1 Å². The van der Waals surface area contributed by atoms with Crippen LogP contribution in [0.1, 0.15) is 18.9 Å². The molecule has 0 atom stereocenters. The number of aromatic amines is 2. The highest BCUT2D eigenvalue weighted by molar-refractivity contribution is 6.01. The molecule has 27 heavy (non-hydrogen) atoms. The summed E-state index contributed by atoms with van der Waals surface area (Å²) in [6.07, 6.45) is 6.57. The molecule has 0 spiro atoms. The topological polar surface area (TPSA) is 121 Å². The summed E-state index contributed by atoms with van der Waals surface area (Å²) in [5, 5.41) is 10.4. The van der Waals surface area contributed by atoms with Crippen molar-refractivity contribution in [1.29, 1.82) is 0 Å². The molecule has 0 radical (unpaired) electrons. The number of rotatable bonds is 2. The first kappa shape index (κ1) is 15.9. The van der Waals surface area contributed by atoms with Gasteiger partial charge >= 0.3 is 5.69 Å². The van der Waals surface area contributed by atoms with Crippen LogP contribution in [0.5, 0.6) is 0 Å². The van der Waals surface area contributed by atoms with Gasteiger partial charge in [-0.15, -0.1) is 0 Å². The number of nitrogens with one attached hydrogen (secondary N) is 3. The highest BCUT2D eigenvalue weighted by atomic mass is 16.2. The molecule has 1 aliphatic rings. The molecule has 9 nitrogen and oxygen atoms in total. The standard InChI is InChI=1S/C18H17N7O2/c26-17-12-9-20-14-2-1-13(10-7-21-22-8-10)23-15(14)16(12)25(18(27)24-17)11-3-5-19-6-4-11/h1-2,7-9,11,19H,3-6H2,(H,21,22)(H,24,26,27). The van der Waals surface area contributed by atoms with E-state index in [1.54, 1.807) is 17.0 Å². The molecule has 4 aromatic rings. The van der Waals surface area contributed by atoms with Gasteiger partial charge in [0.25, 0.3) is 5.56 Å². The Bertz CT molecular complexity index is 1250. The Morgan fingerprint density at radius 2 is 1.96 bits per heavy atom. The SMILES string of the molecule is O=c1[nH]c(=O)n(C2CCNCC2)c2c1cnc1ccc(-c3cn[nH]c3)nc12. The summed E-state index contributed by atoms with van der Waals surface area (Å²) in [6.45, 7) is 1.66. The van der Waals surface area contributed by atoms with Crippen LogP contribution in [-0.2, 0) is 0 Å². The molecular weight excluding hydrogens is 346 g/mol. The van der Waals surface area contributed by atoms with Crippen molar-refractivity contribution in [3.63, 3.8) is 0 Å². The molecule has 0 aromatic carbocycles. The van der Waals surface area contributed by atoms with Crippen molar-refractivity contribution in [3.05, 3.63) is 51.6 Å². The zero-order valence-corrected chi connectivity index (χ0v) is 14.4. The van der Waals surface area contributed by atoms with Gasteiger partial charge in [0.2, 0.25) is 0 Å². The molecule has 0 amide bonds. The van der Waals surface area contributed by atoms with Crippen LogP contribution >= 0.6 is 0 Å². The molecule has 9 heteroatoms. The first-order valence-electron chi connectivity index (χ1n) is 8.86. The third kappa shape index (κ3) is 2.55. The summed E-state index contributed by atoms with van der Waals surface area (Å²) >= 11 is 0. The maximum absolute atomic E-state index is 12.7. The van der Waals surface area contributed by atoms with E-state index in [-0.39, 0.29) is 6.04 Å². The third-order valence-electron chi connectivity index (χ3n) is 5.08. The summed E-state index contributed by atoms with van der Waals surface area (Å²) in [5.41, 5.74) is 2.43.